The molecule has 0 saturated carbocycles. The van der Waals surface area contributed by atoms with Crippen molar-refractivity contribution in [2.75, 3.05) is 0 Å². The summed E-state index contributed by atoms with van der Waals surface area (Å²) < 4.78 is 4.79. The van der Waals surface area contributed by atoms with Crippen LogP contribution in [0.25, 0.3) is 110 Å². The minimum Gasteiger partial charge on any atom is -0.309 e. The predicted molar refractivity (Wildman–Crippen MR) is 297 cm³/mol. The topological polar surface area (TPSA) is 33.7 Å². The molecule has 0 unspecified atom stereocenters. The molecule has 0 aliphatic heterocycles. The van der Waals surface area contributed by atoms with Crippen LogP contribution in [0, 0.1) is 5.41 Å². The fourth-order valence-electron chi connectivity index (χ4n) is 10.2. The van der Waals surface area contributed by atoms with E-state index in [0.717, 1.165) is 39.1 Å². The van der Waals surface area contributed by atoms with Crippen molar-refractivity contribution in [1.82, 2.24) is 9.13 Å². The fourth-order valence-corrected chi connectivity index (χ4v) is 10.2. The zero-order valence-corrected chi connectivity index (χ0v) is 39.1. The van der Waals surface area contributed by atoms with Gasteiger partial charge in [-0.05, 0) is 149 Å². The van der Waals surface area contributed by atoms with Crippen LogP contribution in [0.1, 0.15) is 31.9 Å². The van der Waals surface area contributed by atoms with Gasteiger partial charge in [0.25, 0.3) is 0 Å². The number of allylic oxidation sites excluding steroid dienone is 3. The summed E-state index contributed by atoms with van der Waals surface area (Å²) in [6, 6.07) is 79.2. The molecule has 0 bridgehead atoms. The van der Waals surface area contributed by atoms with Gasteiger partial charge in [-0.1, -0.05) is 164 Å². The summed E-state index contributed by atoms with van der Waals surface area (Å²) in [4.78, 5) is 0. The van der Waals surface area contributed by atoms with Gasteiger partial charge in [0, 0.05) is 44.0 Å². The van der Waals surface area contributed by atoms with Gasteiger partial charge in [0.2, 0.25) is 0 Å². The lowest BCUT2D eigenvalue weighted by molar-refractivity contribution is 1.18. The van der Waals surface area contributed by atoms with E-state index in [1.807, 2.05) is 39.0 Å². The average Bonchev–Trinajstić information content (AvgIpc) is 4.03. The molecular formula is C66H51N3. The first kappa shape index (κ1) is 42.8. The van der Waals surface area contributed by atoms with Gasteiger partial charge in [-0.15, -0.1) is 6.58 Å². The van der Waals surface area contributed by atoms with Gasteiger partial charge in [-0.25, -0.2) is 0 Å². The normalized spacial score (nSPS) is 11.7. The van der Waals surface area contributed by atoms with Crippen LogP contribution in [0.2, 0.25) is 0 Å². The van der Waals surface area contributed by atoms with Crippen molar-refractivity contribution < 1.29 is 0 Å². The predicted octanol–water partition coefficient (Wildman–Crippen LogP) is 18.2. The zero-order chi connectivity index (χ0) is 47.0. The second kappa shape index (κ2) is 18.1. The molecule has 3 nitrogen and oxygen atoms in total. The van der Waals surface area contributed by atoms with Gasteiger partial charge < -0.3 is 9.13 Å². The highest BCUT2D eigenvalue weighted by atomic mass is 15.0. The molecule has 0 spiro atoms. The number of benzene rings is 10. The monoisotopic (exact) mass is 885 g/mol. The molecule has 2 heterocycles. The van der Waals surface area contributed by atoms with Crippen LogP contribution in [0.15, 0.2) is 243 Å². The maximum absolute atomic E-state index is 9.08. The zero-order valence-electron chi connectivity index (χ0n) is 39.1. The van der Waals surface area contributed by atoms with E-state index in [9.17, 15) is 0 Å². The molecule has 3 heteroatoms. The summed E-state index contributed by atoms with van der Waals surface area (Å²) in [6.07, 6.45) is 5.75. The van der Waals surface area contributed by atoms with Gasteiger partial charge >= 0.3 is 0 Å². The van der Waals surface area contributed by atoms with Crippen LogP contribution in [0.5, 0.6) is 0 Å². The summed E-state index contributed by atoms with van der Waals surface area (Å²) in [6.45, 7) is 9.25. The maximum Gasteiger partial charge on any atom is 0.0703 e. The van der Waals surface area contributed by atoms with Gasteiger partial charge in [0.05, 0.1) is 27.8 Å². The maximum atomic E-state index is 9.08. The van der Waals surface area contributed by atoms with E-state index >= 15 is 0 Å². The fraction of sp³-hybridized carbons (Fsp3) is 0.0455. The number of fused-ring (bicyclic) bond motifs is 10. The van der Waals surface area contributed by atoms with E-state index in [4.69, 9.17) is 5.41 Å². The van der Waals surface area contributed by atoms with Crippen LogP contribution in [-0.4, -0.2) is 14.8 Å². The number of para-hydroxylation sites is 3. The first-order chi connectivity index (χ1) is 34.0. The molecule has 0 amide bonds. The van der Waals surface area contributed by atoms with E-state index < -0.39 is 0 Å². The van der Waals surface area contributed by atoms with E-state index in [1.165, 1.54) is 82.3 Å². The number of hydrogen-bond donors (Lipinski definition) is 1. The lowest BCUT2D eigenvalue weighted by atomic mass is 9.92. The standard InChI is InChI=1S/C59H37N3.C4H8.C3H6/c60-59-51-18-8-7-16-47(51)50-20-11-19-46(58(50)59)43-25-24-37-32-38(22-23-39(37)33-43)42-26-29-49-53-35-41(28-31-56(53)62(57(49)36-42)45-14-5-2-6-15-45)40-27-30-55-52(34-40)48-17-9-10-21-54(48)61(55)44-12-3-1-4-13-44;1-3-4-2;1-3-2/h1-36,60H;3-4H,1-2H3;3H,1H2,2H3/b;4-3-;. The second-order valence-electron chi connectivity index (χ2n) is 17.6. The highest BCUT2D eigenvalue weighted by Gasteiger charge is 2.26. The van der Waals surface area contributed by atoms with Crippen LogP contribution in [-0.2, 0) is 0 Å². The molecule has 0 saturated heterocycles. The average molecular weight is 886 g/mol. The lowest BCUT2D eigenvalue weighted by Crippen LogP contribution is -1.98. The smallest absolute Gasteiger partial charge is 0.0703 e. The van der Waals surface area contributed by atoms with Crippen molar-refractivity contribution in [2.45, 2.75) is 20.8 Å². The summed E-state index contributed by atoms with van der Waals surface area (Å²) in [5, 5.41) is 16.4. The Hall–Kier alpha value is -8.79. The van der Waals surface area contributed by atoms with Crippen molar-refractivity contribution in [1.29, 1.82) is 5.41 Å². The number of aromatic nitrogens is 2. The third kappa shape index (κ3) is 7.46. The molecule has 2 aromatic heterocycles. The highest BCUT2D eigenvalue weighted by Crippen LogP contribution is 2.43. The Morgan fingerprint density at radius 3 is 1.42 bits per heavy atom. The number of nitrogens with zero attached hydrogens (tertiary/aromatic N) is 2. The Balaban J connectivity index is 0.000000701. The van der Waals surface area contributed by atoms with Crippen LogP contribution in [0.3, 0.4) is 0 Å². The van der Waals surface area contributed by atoms with E-state index in [-0.39, 0.29) is 0 Å². The van der Waals surface area contributed by atoms with Crippen molar-refractivity contribution in [3.8, 4) is 55.9 Å². The molecule has 1 N–H and O–H groups in total. The minimum absolute atomic E-state index is 0.603. The van der Waals surface area contributed by atoms with E-state index in [1.54, 1.807) is 6.08 Å². The van der Waals surface area contributed by atoms with Gasteiger partial charge in [0.15, 0.2) is 0 Å². The van der Waals surface area contributed by atoms with E-state index in [2.05, 4.69) is 228 Å². The molecule has 12 aromatic rings. The molecule has 1 aliphatic rings. The molecule has 0 radical (unpaired) electrons. The Bertz CT molecular complexity index is 3950. The molecule has 10 aromatic carbocycles. The van der Waals surface area contributed by atoms with Crippen molar-refractivity contribution >= 4 is 60.1 Å². The SMILES string of the molecule is C/C=C\C.C=CC.N=C1c2ccccc2-c2cccc(-c3ccc4cc(-c5ccc6c7cc(-c8ccc9c(c8)c8ccccc8n9-c8ccccc8)ccc7n(-c7ccccc7)c6c5)ccc4c3)c21. The largest absolute Gasteiger partial charge is 0.309 e. The highest BCUT2D eigenvalue weighted by molar-refractivity contribution is 6.26. The van der Waals surface area contributed by atoms with Gasteiger partial charge in [0.1, 0.15) is 0 Å². The van der Waals surface area contributed by atoms with Crippen LogP contribution < -0.4 is 0 Å². The van der Waals surface area contributed by atoms with Crippen molar-refractivity contribution in [2.24, 2.45) is 0 Å². The lowest BCUT2D eigenvalue weighted by Gasteiger charge is -2.12. The number of rotatable bonds is 5. The van der Waals surface area contributed by atoms with Crippen molar-refractivity contribution in [3.63, 3.8) is 0 Å². The first-order valence-electron chi connectivity index (χ1n) is 23.7. The molecule has 0 fully saturated rings. The van der Waals surface area contributed by atoms with Gasteiger partial charge in [-0.3, -0.25) is 5.41 Å². The Morgan fingerprint density at radius 2 is 0.783 bits per heavy atom. The molecule has 13 rings (SSSR count). The summed E-state index contributed by atoms with van der Waals surface area (Å²) in [5.41, 5.74) is 19.0. The quantitative estimate of drug-likeness (QED) is 0.167. The third-order valence-corrected chi connectivity index (χ3v) is 13.4. The molecule has 69 heavy (non-hydrogen) atoms. The molecule has 1 aliphatic carbocycles. The first-order valence-corrected chi connectivity index (χ1v) is 23.7. The third-order valence-electron chi connectivity index (χ3n) is 13.4. The summed E-state index contributed by atoms with van der Waals surface area (Å²) >= 11 is 0. The number of nitrogens with one attached hydrogen (secondary N) is 1. The summed E-state index contributed by atoms with van der Waals surface area (Å²) in [5.74, 6) is 0. The molecule has 330 valence electrons. The Morgan fingerprint density at radius 1 is 0.348 bits per heavy atom. The molecule has 0 atom stereocenters. The second-order valence-corrected chi connectivity index (χ2v) is 17.6. The van der Waals surface area contributed by atoms with E-state index in [0.29, 0.717) is 5.71 Å². The molecular weight excluding hydrogens is 835 g/mol. The summed E-state index contributed by atoms with van der Waals surface area (Å²) in [7, 11) is 0. The van der Waals surface area contributed by atoms with Crippen LogP contribution >= 0.6 is 0 Å². The van der Waals surface area contributed by atoms with Gasteiger partial charge in [-0.2, -0.15) is 0 Å². The number of hydrogen-bond acceptors (Lipinski definition) is 1. The van der Waals surface area contributed by atoms with Crippen LogP contribution in [0.4, 0.5) is 0 Å². The minimum atomic E-state index is 0.603. The van der Waals surface area contributed by atoms with Crippen molar-refractivity contribution in [3.05, 3.63) is 254 Å². The Kier molecular flexibility index (Phi) is 11.2. The Labute approximate surface area is 403 Å².